The Morgan fingerprint density at radius 3 is 2.56 bits per heavy atom. The minimum atomic E-state index is -0.547. The molecule has 1 unspecified atom stereocenters. The number of amides is 2. The molecule has 1 N–H and O–H groups in total. The molecule has 1 atom stereocenters. The maximum Gasteiger partial charge on any atom is 0.247 e. The van der Waals surface area contributed by atoms with Crippen LogP contribution in [0.4, 0.5) is 11.4 Å². The molecule has 2 amide bonds. The Bertz CT molecular complexity index is 994. The van der Waals surface area contributed by atoms with Crippen molar-refractivity contribution in [1.82, 2.24) is 0 Å². The van der Waals surface area contributed by atoms with Gasteiger partial charge in [0.25, 0.3) is 0 Å². The molecule has 2 aromatic rings. The summed E-state index contributed by atoms with van der Waals surface area (Å²) in [4.78, 5) is 31.6. The first-order chi connectivity index (χ1) is 16.6. The second-order valence-corrected chi connectivity index (χ2v) is 9.08. The van der Waals surface area contributed by atoms with E-state index in [1.165, 1.54) is 29.5 Å². The molecule has 2 aromatic carbocycles. The highest BCUT2D eigenvalue weighted by Crippen LogP contribution is 2.32. The second-order valence-electron chi connectivity index (χ2n) is 7.89. The van der Waals surface area contributed by atoms with Crippen LogP contribution in [0.5, 0.6) is 11.5 Å². The van der Waals surface area contributed by atoms with Gasteiger partial charge in [0.1, 0.15) is 16.7 Å². The second kappa shape index (κ2) is 13.0. The van der Waals surface area contributed by atoms with Gasteiger partial charge in [0, 0.05) is 13.0 Å². The molecule has 3 rings (SSSR count). The third-order valence-corrected chi connectivity index (χ3v) is 6.48. The zero-order chi connectivity index (χ0) is 24.3. The number of ether oxygens (including phenoxy) is 2. The zero-order valence-electron chi connectivity index (χ0n) is 20.1. The Balaban J connectivity index is 1.63. The maximum absolute atomic E-state index is 13.1. The molecule has 1 saturated heterocycles. The molecular weight excluding hydrogens is 450 g/mol. The van der Waals surface area contributed by atoms with Crippen LogP contribution in [-0.2, 0) is 9.59 Å². The minimum absolute atomic E-state index is 0.121. The lowest BCUT2D eigenvalue weighted by Crippen LogP contribution is -2.31. The summed E-state index contributed by atoms with van der Waals surface area (Å²) in [6.07, 6.45) is 4.69. The van der Waals surface area contributed by atoms with Gasteiger partial charge in [0.05, 0.1) is 25.1 Å². The number of imide groups is 1. The Morgan fingerprint density at radius 1 is 1.09 bits per heavy atom. The van der Waals surface area contributed by atoms with E-state index in [1.807, 2.05) is 43.3 Å². The van der Waals surface area contributed by atoms with Gasteiger partial charge in [0.15, 0.2) is 5.17 Å². The van der Waals surface area contributed by atoms with Gasteiger partial charge < -0.3 is 14.8 Å². The smallest absolute Gasteiger partial charge is 0.247 e. The molecule has 0 aliphatic carbocycles. The van der Waals surface area contributed by atoms with Gasteiger partial charge in [-0.3, -0.25) is 14.6 Å². The van der Waals surface area contributed by atoms with E-state index >= 15 is 0 Å². The van der Waals surface area contributed by atoms with Crippen LogP contribution in [0.3, 0.4) is 0 Å². The number of aliphatic imine (C=N–C) groups is 1. The third-order valence-electron chi connectivity index (χ3n) is 5.37. The van der Waals surface area contributed by atoms with Gasteiger partial charge in [-0.25, -0.2) is 4.90 Å². The lowest BCUT2D eigenvalue weighted by atomic mass is 10.2. The van der Waals surface area contributed by atoms with Gasteiger partial charge in [-0.2, -0.15) is 0 Å². The van der Waals surface area contributed by atoms with Crippen molar-refractivity contribution in [3.63, 3.8) is 0 Å². The van der Waals surface area contributed by atoms with Crippen molar-refractivity contribution in [3.05, 3.63) is 48.5 Å². The van der Waals surface area contributed by atoms with Crippen molar-refractivity contribution in [3.8, 4) is 11.5 Å². The first-order valence-electron chi connectivity index (χ1n) is 11.8. The van der Waals surface area contributed by atoms with Crippen molar-refractivity contribution >= 4 is 40.1 Å². The molecule has 1 heterocycles. The van der Waals surface area contributed by atoms with E-state index in [2.05, 4.69) is 17.2 Å². The van der Waals surface area contributed by atoms with Crippen molar-refractivity contribution in [1.29, 1.82) is 0 Å². The molecule has 0 radical (unpaired) electrons. The summed E-state index contributed by atoms with van der Waals surface area (Å²) in [7, 11) is 1.60. The summed E-state index contributed by atoms with van der Waals surface area (Å²) in [5.74, 6) is 0.955. The monoisotopic (exact) mass is 483 g/mol. The minimum Gasteiger partial charge on any atom is -0.495 e. The van der Waals surface area contributed by atoms with E-state index in [1.54, 1.807) is 19.2 Å². The highest BCUT2D eigenvalue weighted by Gasteiger charge is 2.40. The molecule has 0 aromatic heterocycles. The number of carbonyl (C=O) groups excluding carboxylic acids is 2. The highest BCUT2D eigenvalue weighted by molar-refractivity contribution is 8.15. The van der Waals surface area contributed by atoms with E-state index < -0.39 is 5.25 Å². The highest BCUT2D eigenvalue weighted by atomic mass is 32.2. The lowest BCUT2D eigenvalue weighted by Gasteiger charge is -2.17. The Hall–Kier alpha value is -3.00. The number of methoxy groups -OCH3 is 1. The maximum atomic E-state index is 13.1. The molecule has 7 nitrogen and oxygen atoms in total. The molecule has 1 aliphatic rings. The number of benzene rings is 2. The van der Waals surface area contributed by atoms with Gasteiger partial charge in [-0.1, -0.05) is 50.1 Å². The molecular formula is C26H33N3O4S. The van der Waals surface area contributed by atoms with Crippen LogP contribution in [0.15, 0.2) is 53.5 Å². The summed E-state index contributed by atoms with van der Waals surface area (Å²) in [5.41, 5.74) is 1.31. The summed E-state index contributed by atoms with van der Waals surface area (Å²) < 4.78 is 11.2. The fourth-order valence-electron chi connectivity index (χ4n) is 3.63. The van der Waals surface area contributed by atoms with Crippen molar-refractivity contribution < 1.29 is 19.1 Å². The van der Waals surface area contributed by atoms with Crippen LogP contribution in [-0.4, -0.2) is 42.5 Å². The van der Waals surface area contributed by atoms with E-state index in [-0.39, 0.29) is 18.2 Å². The van der Waals surface area contributed by atoms with Gasteiger partial charge in [0.2, 0.25) is 11.8 Å². The summed E-state index contributed by atoms with van der Waals surface area (Å²) >= 11 is 1.27. The largest absolute Gasteiger partial charge is 0.495 e. The van der Waals surface area contributed by atoms with Crippen molar-refractivity contribution in [2.45, 2.75) is 51.2 Å². The Morgan fingerprint density at radius 2 is 1.85 bits per heavy atom. The number of hydrogen-bond donors (Lipinski definition) is 1. The molecule has 34 heavy (non-hydrogen) atoms. The number of nitrogens with zero attached hydrogens (tertiary/aromatic N) is 2. The summed E-state index contributed by atoms with van der Waals surface area (Å²) in [6, 6.07) is 14.6. The van der Waals surface area contributed by atoms with Gasteiger partial charge in [-0.15, -0.1) is 0 Å². The number of rotatable bonds is 11. The number of amidine groups is 1. The van der Waals surface area contributed by atoms with Crippen molar-refractivity contribution in [2.75, 3.05) is 30.5 Å². The van der Waals surface area contributed by atoms with Crippen LogP contribution in [0.2, 0.25) is 0 Å². The van der Waals surface area contributed by atoms with Crippen LogP contribution in [0, 0.1) is 0 Å². The van der Waals surface area contributed by atoms with Gasteiger partial charge in [-0.05, 0) is 49.7 Å². The molecule has 0 spiro atoms. The van der Waals surface area contributed by atoms with E-state index in [0.29, 0.717) is 29.8 Å². The average Bonchev–Trinajstić information content (AvgIpc) is 3.12. The van der Waals surface area contributed by atoms with Crippen LogP contribution >= 0.6 is 11.8 Å². The normalized spacial score (nSPS) is 16.1. The van der Waals surface area contributed by atoms with Crippen LogP contribution in [0.1, 0.15) is 46.0 Å². The predicted octanol–water partition coefficient (Wildman–Crippen LogP) is 5.51. The van der Waals surface area contributed by atoms with E-state index in [0.717, 1.165) is 24.3 Å². The Labute approximate surface area is 205 Å². The first kappa shape index (κ1) is 25.6. The number of unbranched alkanes of at least 4 members (excludes halogenated alkanes) is 3. The lowest BCUT2D eigenvalue weighted by molar-refractivity contribution is -0.121. The molecule has 1 aliphatic heterocycles. The molecule has 182 valence electrons. The summed E-state index contributed by atoms with van der Waals surface area (Å²) in [6.45, 7) is 5.31. The van der Waals surface area contributed by atoms with Crippen molar-refractivity contribution in [2.24, 2.45) is 4.99 Å². The number of carbonyl (C=O) groups is 2. The number of hydrogen-bond acceptors (Lipinski definition) is 6. The third kappa shape index (κ3) is 6.76. The zero-order valence-corrected chi connectivity index (χ0v) is 20.9. The van der Waals surface area contributed by atoms with Crippen LogP contribution in [0.25, 0.3) is 0 Å². The molecule has 8 heteroatoms. The molecule has 0 saturated carbocycles. The van der Waals surface area contributed by atoms with E-state index in [4.69, 9.17) is 9.47 Å². The SMILES string of the molecule is CCCCCCOc1ccc(N2C(=O)CC(SC(=NCC)Nc3ccccc3OC)C2=O)cc1. The van der Waals surface area contributed by atoms with Crippen LogP contribution < -0.4 is 19.7 Å². The number of thioether (sulfide) groups is 1. The number of para-hydroxylation sites is 2. The predicted molar refractivity (Wildman–Crippen MR) is 139 cm³/mol. The quantitative estimate of drug-likeness (QED) is 0.197. The fraction of sp³-hybridized carbons (Fsp3) is 0.423. The average molecular weight is 484 g/mol. The van der Waals surface area contributed by atoms with E-state index in [9.17, 15) is 9.59 Å². The van der Waals surface area contributed by atoms with Gasteiger partial charge >= 0.3 is 0 Å². The topological polar surface area (TPSA) is 80.2 Å². The fourth-order valence-corrected chi connectivity index (χ4v) is 4.70. The molecule has 1 fully saturated rings. The number of anilines is 2. The standard InChI is InChI=1S/C26H33N3O4S/c1-4-6-7-10-17-33-20-15-13-19(14-16-20)29-24(30)18-23(25(29)31)34-26(27-5-2)28-21-11-8-9-12-22(21)32-3/h8-9,11-16,23H,4-7,10,17-18H2,1-3H3,(H,27,28). The molecule has 0 bridgehead atoms. The summed E-state index contributed by atoms with van der Waals surface area (Å²) in [5, 5.41) is 3.27. The first-order valence-corrected chi connectivity index (χ1v) is 12.7. The Kier molecular flexibility index (Phi) is 9.82. The number of nitrogens with one attached hydrogen (secondary N) is 1.